The molecular formula is C10H16ClNO. The number of halogens is 1. The van der Waals surface area contributed by atoms with E-state index in [0.29, 0.717) is 0 Å². The molecule has 1 aliphatic carbocycles. The summed E-state index contributed by atoms with van der Waals surface area (Å²) < 4.78 is 0. The Morgan fingerprint density at radius 3 is 2.46 bits per heavy atom. The van der Waals surface area contributed by atoms with Crippen LogP contribution in [0.1, 0.15) is 33.1 Å². The van der Waals surface area contributed by atoms with Crippen molar-refractivity contribution in [2.75, 3.05) is 7.05 Å². The first kappa shape index (κ1) is 10.6. The summed E-state index contributed by atoms with van der Waals surface area (Å²) in [6.45, 7) is 4.00. The molecule has 0 radical (unpaired) electrons. The van der Waals surface area contributed by atoms with Gasteiger partial charge in [-0.1, -0.05) is 11.6 Å². The lowest BCUT2D eigenvalue weighted by atomic mass is 10.2. The monoisotopic (exact) mass is 201 g/mol. The zero-order valence-electron chi connectivity index (χ0n) is 8.43. The minimum Gasteiger partial charge on any atom is -0.340 e. The second kappa shape index (κ2) is 4.14. The Morgan fingerprint density at radius 2 is 2.08 bits per heavy atom. The second-order valence-corrected chi connectivity index (χ2v) is 4.20. The molecule has 0 aromatic carbocycles. The van der Waals surface area contributed by atoms with Crippen LogP contribution in [0.4, 0.5) is 0 Å². The van der Waals surface area contributed by atoms with Crippen molar-refractivity contribution in [3.8, 4) is 0 Å². The molecule has 0 heterocycles. The molecular weight excluding hydrogens is 186 g/mol. The number of amides is 1. The molecule has 2 nitrogen and oxygen atoms in total. The van der Waals surface area contributed by atoms with E-state index in [1.807, 2.05) is 20.9 Å². The fourth-order valence-corrected chi connectivity index (χ4v) is 1.69. The van der Waals surface area contributed by atoms with Gasteiger partial charge in [0.05, 0.1) is 0 Å². The molecule has 0 bridgehead atoms. The van der Waals surface area contributed by atoms with Crippen LogP contribution < -0.4 is 0 Å². The number of allylic oxidation sites excluding steroid dienone is 1. The van der Waals surface area contributed by atoms with Crippen molar-refractivity contribution in [3.05, 3.63) is 10.6 Å². The Labute approximate surface area is 84.6 Å². The van der Waals surface area contributed by atoms with Crippen LogP contribution in [-0.2, 0) is 4.79 Å². The van der Waals surface area contributed by atoms with Crippen LogP contribution in [0.2, 0.25) is 0 Å². The molecule has 0 fully saturated rings. The fraction of sp³-hybridized carbons (Fsp3) is 0.700. The zero-order chi connectivity index (χ0) is 10.0. The SMILES string of the molecule is CC(C)N(C)C(=O)C1=C(Cl)CCC1. The third kappa shape index (κ3) is 2.25. The standard InChI is InChI=1S/C10H16ClNO/c1-7(2)12(3)10(13)8-5-4-6-9(8)11/h7H,4-6H2,1-3H3. The number of rotatable bonds is 2. The first-order valence-electron chi connectivity index (χ1n) is 4.68. The maximum Gasteiger partial charge on any atom is 0.250 e. The van der Waals surface area contributed by atoms with Crippen LogP contribution in [-0.4, -0.2) is 23.9 Å². The molecule has 1 aliphatic rings. The highest BCUT2D eigenvalue weighted by molar-refractivity contribution is 6.32. The molecule has 0 spiro atoms. The van der Waals surface area contributed by atoms with E-state index in [9.17, 15) is 4.79 Å². The van der Waals surface area contributed by atoms with E-state index >= 15 is 0 Å². The van der Waals surface area contributed by atoms with Crippen molar-refractivity contribution in [1.29, 1.82) is 0 Å². The topological polar surface area (TPSA) is 20.3 Å². The third-order valence-electron chi connectivity index (χ3n) is 2.50. The van der Waals surface area contributed by atoms with Crippen molar-refractivity contribution < 1.29 is 4.79 Å². The number of likely N-dealkylation sites (N-methyl/N-ethyl adjacent to an activating group) is 1. The van der Waals surface area contributed by atoms with Crippen molar-refractivity contribution in [2.45, 2.75) is 39.2 Å². The third-order valence-corrected chi connectivity index (χ3v) is 2.92. The molecule has 3 heteroatoms. The van der Waals surface area contributed by atoms with Crippen LogP contribution >= 0.6 is 11.6 Å². The minimum absolute atomic E-state index is 0.0949. The molecule has 0 N–H and O–H groups in total. The van der Waals surface area contributed by atoms with Gasteiger partial charge in [0.2, 0.25) is 0 Å². The number of carbonyl (C=O) groups is 1. The number of hydrogen-bond donors (Lipinski definition) is 0. The van der Waals surface area contributed by atoms with Crippen LogP contribution in [0.5, 0.6) is 0 Å². The van der Waals surface area contributed by atoms with Gasteiger partial charge in [0.1, 0.15) is 0 Å². The lowest BCUT2D eigenvalue weighted by Gasteiger charge is -2.22. The summed E-state index contributed by atoms with van der Waals surface area (Å²) in [6, 6.07) is 0.241. The summed E-state index contributed by atoms with van der Waals surface area (Å²) in [5.74, 6) is 0.0949. The van der Waals surface area contributed by atoms with E-state index in [4.69, 9.17) is 11.6 Å². The first-order chi connectivity index (χ1) is 6.04. The molecule has 74 valence electrons. The highest BCUT2D eigenvalue weighted by Crippen LogP contribution is 2.30. The van der Waals surface area contributed by atoms with Gasteiger partial charge in [-0.15, -0.1) is 0 Å². The summed E-state index contributed by atoms with van der Waals surface area (Å²) in [6.07, 6.45) is 2.73. The van der Waals surface area contributed by atoms with Gasteiger partial charge < -0.3 is 4.90 Å². The quantitative estimate of drug-likeness (QED) is 0.673. The average molecular weight is 202 g/mol. The highest BCUT2D eigenvalue weighted by atomic mass is 35.5. The zero-order valence-corrected chi connectivity index (χ0v) is 9.19. The maximum atomic E-state index is 11.8. The molecule has 0 saturated heterocycles. The lowest BCUT2D eigenvalue weighted by molar-refractivity contribution is -0.127. The van der Waals surface area contributed by atoms with Crippen molar-refractivity contribution in [3.63, 3.8) is 0 Å². The summed E-state index contributed by atoms with van der Waals surface area (Å²) in [7, 11) is 1.82. The maximum absolute atomic E-state index is 11.8. The number of nitrogens with zero attached hydrogens (tertiary/aromatic N) is 1. The Hall–Kier alpha value is -0.500. The molecule has 13 heavy (non-hydrogen) atoms. The predicted molar refractivity (Wildman–Crippen MR) is 54.6 cm³/mol. The van der Waals surface area contributed by atoms with Crippen molar-refractivity contribution >= 4 is 17.5 Å². The molecule has 1 rings (SSSR count). The van der Waals surface area contributed by atoms with Crippen molar-refractivity contribution in [1.82, 2.24) is 4.90 Å². The van der Waals surface area contributed by atoms with E-state index in [1.54, 1.807) is 4.90 Å². The smallest absolute Gasteiger partial charge is 0.250 e. The van der Waals surface area contributed by atoms with E-state index in [-0.39, 0.29) is 11.9 Å². The van der Waals surface area contributed by atoms with Gasteiger partial charge >= 0.3 is 0 Å². The first-order valence-corrected chi connectivity index (χ1v) is 5.06. The molecule has 1 amide bonds. The summed E-state index contributed by atoms with van der Waals surface area (Å²) in [4.78, 5) is 13.5. The van der Waals surface area contributed by atoms with Gasteiger partial charge in [0.25, 0.3) is 5.91 Å². The normalized spacial score (nSPS) is 17.0. The van der Waals surface area contributed by atoms with Crippen LogP contribution in [0.15, 0.2) is 10.6 Å². The van der Waals surface area contributed by atoms with Crippen LogP contribution in [0.3, 0.4) is 0 Å². The van der Waals surface area contributed by atoms with Gasteiger partial charge in [0, 0.05) is 23.7 Å². The molecule has 0 atom stereocenters. The van der Waals surface area contributed by atoms with Gasteiger partial charge in [-0.05, 0) is 33.1 Å². The number of carbonyl (C=O) groups excluding carboxylic acids is 1. The lowest BCUT2D eigenvalue weighted by Crippen LogP contribution is -2.33. The molecule has 0 unspecified atom stereocenters. The van der Waals surface area contributed by atoms with Crippen LogP contribution in [0, 0.1) is 0 Å². The Morgan fingerprint density at radius 1 is 1.46 bits per heavy atom. The van der Waals surface area contributed by atoms with Gasteiger partial charge in [-0.2, -0.15) is 0 Å². The van der Waals surface area contributed by atoms with Gasteiger partial charge in [-0.3, -0.25) is 4.79 Å². The Balaban J connectivity index is 2.73. The van der Waals surface area contributed by atoms with Crippen LogP contribution in [0.25, 0.3) is 0 Å². The van der Waals surface area contributed by atoms with E-state index in [0.717, 1.165) is 29.9 Å². The van der Waals surface area contributed by atoms with E-state index in [1.165, 1.54) is 0 Å². The van der Waals surface area contributed by atoms with Gasteiger partial charge in [0.15, 0.2) is 0 Å². The highest BCUT2D eigenvalue weighted by Gasteiger charge is 2.23. The molecule has 0 aromatic heterocycles. The molecule has 0 aliphatic heterocycles. The van der Waals surface area contributed by atoms with Crippen molar-refractivity contribution in [2.24, 2.45) is 0 Å². The Bertz CT molecular complexity index is 245. The van der Waals surface area contributed by atoms with E-state index in [2.05, 4.69) is 0 Å². The van der Waals surface area contributed by atoms with E-state index < -0.39 is 0 Å². The van der Waals surface area contributed by atoms with Gasteiger partial charge in [-0.25, -0.2) is 0 Å². The summed E-state index contributed by atoms with van der Waals surface area (Å²) in [5.41, 5.74) is 0.817. The average Bonchev–Trinajstić information content (AvgIpc) is 2.48. The minimum atomic E-state index is 0.0949. The summed E-state index contributed by atoms with van der Waals surface area (Å²) >= 11 is 5.95. The summed E-state index contributed by atoms with van der Waals surface area (Å²) in [5, 5.41) is 0.762. The number of hydrogen-bond acceptors (Lipinski definition) is 1. The molecule has 0 aromatic rings. The predicted octanol–water partition coefficient (Wildman–Crippen LogP) is 2.53. The largest absolute Gasteiger partial charge is 0.340 e. The second-order valence-electron chi connectivity index (χ2n) is 3.75. The molecule has 0 saturated carbocycles. The Kier molecular flexibility index (Phi) is 3.37. The fourth-order valence-electron chi connectivity index (χ4n) is 1.38.